The molecule has 0 bridgehead atoms. The minimum atomic E-state index is -0.324. The summed E-state index contributed by atoms with van der Waals surface area (Å²) < 4.78 is 18.9. The minimum absolute atomic E-state index is 0.324. The molecule has 1 N–H and O–H groups in total. The molecule has 0 aliphatic heterocycles. The van der Waals surface area contributed by atoms with Crippen LogP contribution in [0.4, 0.5) is 4.39 Å². The summed E-state index contributed by atoms with van der Waals surface area (Å²) in [5, 5.41) is 0. The zero-order valence-electron chi connectivity index (χ0n) is 9.45. The number of aromatic nitrogens is 2. The number of nitrogens with zero attached hydrogens (tertiary/aromatic N) is 1. The maximum atomic E-state index is 13.3. The van der Waals surface area contributed by atoms with Crippen LogP contribution in [0.1, 0.15) is 5.82 Å². The summed E-state index contributed by atoms with van der Waals surface area (Å²) in [6, 6.07) is 6.01. The fourth-order valence-corrected chi connectivity index (χ4v) is 1.87. The van der Waals surface area contributed by atoms with Crippen LogP contribution < -0.4 is 4.74 Å². The van der Waals surface area contributed by atoms with E-state index in [2.05, 4.69) is 9.97 Å². The first kappa shape index (κ1) is 11.7. The van der Waals surface area contributed by atoms with Gasteiger partial charge in [-0.3, -0.25) is 0 Å². The molecule has 0 amide bonds. The number of ether oxygens (including phenoxy) is 1. The lowest BCUT2D eigenvalue weighted by Crippen LogP contribution is -1.95. The second-order valence-electron chi connectivity index (χ2n) is 3.56. The molecule has 1 aromatic heterocycles. The van der Waals surface area contributed by atoms with Gasteiger partial charge in [-0.05, 0) is 31.2 Å². The Kier molecular flexibility index (Phi) is 3.19. The van der Waals surface area contributed by atoms with E-state index in [1.54, 1.807) is 26.2 Å². The predicted octanol–water partition coefficient (Wildman–Crippen LogP) is 3.26. The van der Waals surface area contributed by atoms with Gasteiger partial charge in [0.05, 0.1) is 12.8 Å². The molecule has 17 heavy (non-hydrogen) atoms. The molecule has 2 aromatic rings. The first-order valence-corrected chi connectivity index (χ1v) is 5.43. The average molecular weight is 250 g/mol. The molecular weight excluding hydrogens is 239 g/mol. The van der Waals surface area contributed by atoms with Crippen molar-refractivity contribution in [3.8, 4) is 17.0 Å². The highest BCUT2D eigenvalue weighted by atomic mass is 32.1. The number of hydrogen-bond acceptors (Lipinski definition) is 3. The molecule has 0 saturated carbocycles. The number of aromatic amines is 1. The fraction of sp³-hybridized carbons (Fsp3) is 0.167. The summed E-state index contributed by atoms with van der Waals surface area (Å²) in [6.45, 7) is 1.80. The van der Waals surface area contributed by atoms with E-state index < -0.39 is 0 Å². The summed E-state index contributed by atoms with van der Waals surface area (Å²) in [5.41, 5.74) is 1.32. The van der Waals surface area contributed by atoms with Gasteiger partial charge in [-0.1, -0.05) is 12.2 Å². The van der Waals surface area contributed by atoms with Gasteiger partial charge >= 0.3 is 0 Å². The van der Waals surface area contributed by atoms with E-state index in [1.807, 2.05) is 0 Å². The molecule has 2 rings (SSSR count). The number of H-pyrrole nitrogens is 1. The van der Waals surface area contributed by atoms with Crippen LogP contribution in [0.15, 0.2) is 24.3 Å². The van der Waals surface area contributed by atoms with Gasteiger partial charge in [0.1, 0.15) is 22.0 Å². The Labute approximate surface area is 103 Å². The van der Waals surface area contributed by atoms with E-state index in [9.17, 15) is 4.39 Å². The Bertz CT molecular complexity index is 610. The van der Waals surface area contributed by atoms with E-state index in [1.165, 1.54) is 12.1 Å². The third-order valence-electron chi connectivity index (χ3n) is 2.31. The van der Waals surface area contributed by atoms with E-state index in [0.717, 1.165) is 0 Å². The second kappa shape index (κ2) is 4.63. The van der Waals surface area contributed by atoms with Crippen LogP contribution >= 0.6 is 12.2 Å². The molecule has 1 heterocycles. The zero-order chi connectivity index (χ0) is 12.4. The largest absolute Gasteiger partial charge is 0.496 e. The topological polar surface area (TPSA) is 37.9 Å². The third kappa shape index (κ3) is 2.50. The molecular formula is C12H11FN2OS. The maximum Gasteiger partial charge on any atom is 0.130 e. The summed E-state index contributed by atoms with van der Waals surface area (Å²) in [7, 11) is 1.54. The van der Waals surface area contributed by atoms with Crippen molar-refractivity contribution in [1.29, 1.82) is 0 Å². The molecule has 3 nitrogen and oxygen atoms in total. The molecule has 0 fully saturated rings. The lowest BCUT2D eigenvalue weighted by Gasteiger charge is -2.09. The molecule has 0 radical (unpaired) electrons. The maximum absolute atomic E-state index is 13.3. The van der Waals surface area contributed by atoms with Gasteiger partial charge in [0.25, 0.3) is 0 Å². The smallest absolute Gasteiger partial charge is 0.130 e. The Hall–Kier alpha value is -1.75. The summed E-state index contributed by atoms with van der Waals surface area (Å²) >= 11 is 5.03. The number of hydrogen-bond donors (Lipinski definition) is 1. The number of rotatable bonds is 2. The summed E-state index contributed by atoms with van der Waals surface area (Å²) in [4.78, 5) is 7.10. The number of methoxy groups -OCH3 is 1. The van der Waals surface area contributed by atoms with Gasteiger partial charge in [-0.2, -0.15) is 0 Å². The standard InChI is InChI=1S/C12H11FN2OS/c1-7-14-10(6-12(17)15-7)9-5-8(13)3-4-11(9)16-2/h3-6H,1-2H3,(H,14,15,17). The van der Waals surface area contributed by atoms with E-state index >= 15 is 0 Å². The van der Waals surface area contributed by atoms with Crippen LogP contribution in [0.25, 0.3) is 11.3 Å². The van der Waals surface area contributed by atoms with Crippen LogP contribution in [0.5, 0.6) is 5.75 Å². The fourth-order valence-electron chi connectivity index (χ4n) is 1.62. The first-order valence-electron chi connectivity index (χ1n) is 5.02. The Morgan fingerprint density at radius 1 is 1.35 bits per heavy atom. The monoisotopic (exact) mass is 250 g/mol. The van der Waals surface area contributed by atoms with Gasteiger partial charge in [-0.25, -0.2) is 9.37 Å². The number of nitrogens with one attached hydrogen (secondary N) is 1. The van der Waals surface area contributed by atoms with Crippen LogP contribution in [-0.2, 0) is 0 Å². The lowest BCUT2D eigenvalue weighted by atomic mass is 10.1. The molecule has 1 aromatic carbocycles. The Morgan fingerprint density at radius 2 is 2.12 bits per heavy atom. The normalized spacial score (nSPS) is 10.3. The molecule has 0 saturated heterocycles. The average Bonchev–Trinajstić information content (AvgIpc) is 2.27. The number of halogens is 1. The summed E-state index contributed by atoms with van der Waals surface area (Å²) in [6.07, 6.45) is 0. The molecule has 0 aliphatic rings. The van der Waals surface area contributed by atoms with Crippen molar-refractivity contribution in [3.05, 3.63) is 40.5 Å². The van der Waals surface area contributed by atoms with Crippen molar-refractivity contribution >= 4 is 12.2 Å². The highest BCUT2D eigenvalue weighted by Gasteiger charge is 2.08. The number of aryl methyl sites for hydroxylation is 1. The molecule has 0 spiro atoms. The van der Waals surface area contributed by atoms with Crippen LogP contribution in [-0.4, -0.2) is 17.1 Å². The van der Waals surface area contributed by atoms with Crippen molar-refractivity contribution in [2.75, 3.05) is 7.11 Å². The van der Waals surface area contributed by atoms with Crippen LogP contribution in [0.3, 0.4) is 0 Å². The minimum Gasteiger partial charge on any atom is -0.496 e. The third-order valence-corrected chi connectivity index (χ3v) is 2.52. The lowest BCUT2D eigenvalue weighted by molar-refractivity contribution is 0.415. The van der Waals surface area contributed by atoms with Gasteiger partial charge in [-0.15, -0.1) is 0 Å². The van der Waals surface area contributed by atoms with Crippen LogP contribution in [0, 0.1) is 17.4 Å². The summed E-state index contributed by atoms with van der Waals surface area (Å²) in [5.74, 6) is 0.941. The van der Waals surface area contributed by atoms with E-state index in [-0.39, 0.29) is 5.82 Å². The zero-order valence-corrected chi connectivity index (χ0v) is 10.3. The van der Waals surface area contributed by atoms with Crippen molar-refractivity contribution in [3.63, 3.8) is 0 Å². The van der Waals surface area contributed by atoms with Crippen molar-refractivity contribution in [2.24, 2.45) is 0 Å². The van der Waals surface area contributed by atoms with Crippen molar-refractivity contribution in [1.82, 2.24) is 9.97 Å². The van der Waals surface area contributed by atoms with Gasteiger partial charge in [0.2, 0.25) is 0 Å². The number of benzene rings is 1. The molecule has 0 unspecified atom stereocenters. The highest BCUT2D eigenvalue weighted by Crippen LogP contribution is 2.29. The van der Waals surface area contributed by atoms with Gasteiger partial charge < -0.3 is 9.72 Å². The van der Waals surface area contributed by atoms with Crippen molar-refractivity contribution in [2.45, 2.75) is 6.92 Å². The Morgan fingerprint density at radius 3 is 2.76 bits per heavy atom. The van der Waals surface area contributed by atoms with Gasteiger partial charge in [0.15, 0.2) is 0 Å². The van der Waals surface area contributed by atoms with E-state index in [4.69, 9.17) is 17.0 Å². The quantitative estimate of drug-likeness (QED) is 0.831. The molecule has 0 atom stereocenters. The Balaban J connectivity index is 2.66. The van der Waals surface area contributed by atoms with Crippen molar-refractivity contribution < 1.29 is 9.13 Å². The molecule has 5 heteroatoms. The molecule has 0 aliphatic carbocycles. The SMILES string of the molecule is COc1ccc(F)cc1-c1cc(=S)nc(C)[nH]1. The highest BCUT2D eigenvalue weighted by molar-refractivity contribution is 7.71. The second-order valence-corrected chi connectivity index (χ2v) is 3.98. The van der Waals surface area contributed by atoms with E-state index in [0.29, 0.717) is 27.5 Å². The molecule has 88 valence electrons. The predicted molar refractivity (Wildman–Crippen MR) is 66.1 cm³/mol. The van der Waals surface area contributed by atoms with Crippen LogP contribution in [0.2, 0.25) is 0 Å². The first-order chi connectivity index (χ1) is 8.10. The van der Waals surface area contributed by atoms with Gasteiger partial charge in [0, 0.05) is 5.56 Å².